The molecule has 0 aromatic carbocycles. The summed E-state index contributed by atoms with van der Waals surface area (Å²) in [4.78, 5) is 5.41. The molecule has 2 aliphatic rings. The van der Waals surface area contributed by atoms with E-state index in [9.17, 15) is 5.11 Å². The van der Waals surface area contributed by atoms with E-state index in [1.165, 1.54) is 11.3 Å². The first-order valence-electron chi connectivity index (χ1n) is 8.53. The molecular formula is C17H26ClN3O2S. The first-order chi connectivity index (χ1) is 11.4. The molecule has 2 fully saturated rings. The fraction of sp³-hybridized carbons (Fsp3) is 0.706. The van der Waals surface area contributed by atoms with Crippen LogP contribution in [0.3, 0.4) is 0 Å². The standard InChI is InChI=1S/C17H26ClN3O2S/c1-4-19-16(20-9-11(22)12-5-6-13(18)24-12)21-14-10-7-8-23-15(10)17(14,2)3/h5-6,10-11,14-15,22H,4,7-9H2,1-3H3,(H2,19,20,21). The lowest BCUT2D eigenvalue weighted by Gasteiger charge is -2.54. The number of nitrogens with zero attached hydrogens (tertiary/aromatic N) is 1. The molecule has 1 saturated carbocycles. The van der Waals surface area contributed by atoms with E-state index in [0.29, 0.717) is 28.9 Å². The Morgan fingerprint density at radius 2 is 2.33 bits per heavy atom. The maximum absolute atomic E-state index is 10.3. The van der Waals surface area contributed by atoms with Gasteiger partial charge >= 0.3 is 0 Å². The van der Waals surface area contributed by atoms with Crippen LogP contribution in [0, 0.1) is 11.3 Å². The molecule has 1 saturated heterocycles. The summed E-state index contributed by atoms with van der Waals surface area (Å²) in [6.45, 7) is 8.46. The predicted molar refractivity (Wildman–Crippen MR) is 98.8 cm³/mol. The van der Waals surface area contributed by atoms with Crippen LogP contribution in [0.2, 0.25) is 4.34 Å². The summed E-state index contributed by atoms with van der Waals surface area (Å²) in [5.41, 5.74) is 0.0945. The van der Waals surface area contributed by atoms with E-state index in [4.69, 9.17) is 16.3 Å². The molecule has 0 spiro atoms. The lowest BCUT2D eigenvalue weighted by molar-refractivity contribution is -0.106. The molecule has 0 bridgehead atoms. The Labute approximate surface area is 152 Å². The zero-order valence-corrected chi connectivity index (χ0v) is 16.0. The highest BCUT2D eigenvalue weighted by Gasteiger charge is 2.59. The van der Waals surface area contributed by atoms with E-state index < -0.39 is 6.10 Å². The van der Waals surface area contributed by atoms with Crippen LogP contribution in [-0.2, 0) is 4.74 Å². The average Bonchev–Trinajstić information content (AvgIpc) is 3.17. The third kappa shape index (κ3) is 3.43. The molecule has 1 aromatic rings. The number of aliphatic hydroxyl groups excluding tert-OH is 1. The summed E-state index contributed by atoms with van der Waals surface area (Å²) >= 11 is 7.32. The number of ether oxygens (including phenoxy) is 1. The fourth-order valence-corrected chi connectivity index (χ4v) is 4.90. The number of fused-ring (bicyclic) bond motifs is 1. The molecule has 4 unspecified atom stereocenters. The number of aliphatic imine (C=N–C) groups is 1. The van der Waals surface area contributed by atoms with Crippen molar-refractivity contribution < 1.29 is 9.84 Å². The summed E-state index contributed by atoms with van der Waals surface area (Å²) in [5, 5.41) is 17.1. The molecular weight excluding hydrogens is 346 g/mol. The van der Waals surface area contributed by atoms with Crippen molar-refractivity contribution in [3.63, 3.8) is 0 Å². The SMILES string of the molecule is CCNC(=NCC(O)c1ccc(Cl)s1)NC1C2CCOC2C1(C)C. The van der Waals surface area contributed by atoms with Gasteiger partial charge in [0.25, 0.3) is 0 Å². The number of guanidine groups is 1. The van der Waals surface area contributed by atoms with Gasteiger partial charge in [0.05, 0.1) is 17.0 Å². The average molecular weight is 372 g/mol. The molecule has 2 heterocycles. The third-order valence-corrected chi connectivity index (χ3v) is 6.41. The van der Waals surface area contributed by atoms with Crippen molar-refractivity contribution >= 4 is 28.9 Å². The predicted octanol–water partition coefficient (Wildman–Crippen LogP) is 2.80. The Balaban J connectivity index is 1.64. The third-order valence-electron chi connectivity index (χ3n) is 5.08. The van der Waals surface area contributed by atoms with E-state index in [0.717, 1.165) is 30.4 Å². The second kappa shape index (κ2) is 7.20. The maximum atomic E-state index is 10.3. The van der Waals surface area contributed by atoms with Gasteiger partial charge in [-0.1, -0.05) is 25.4 Å². The molecule has 24 heavy (non-hydrogen) atoms. The topological polar surface area (TPSA) is 65.9 Å². The number of hydrogen-bond donors (Lipinski definition) is 3. The molecule has 1 aromatic heterocycles. The van der Waals surface area contributed by atoms with Crippen LogP contribution < -0.4 is 10.6 Å². The second-order valence-corrected chi connectivity index (χ2v) is 8.81. The van der Waals surface area contributed by atoms with Gasteiger partial charge in [-0.05, 0) is 25.5 Å². The van der Waals surface area contributed by atoms with Crippen molar-refractivity contribution in [3.8, 4) is 0 Å². The number of aliphatic hydroxyl groups is 1. The van der Waals surface area contributed by atoms with Gasteiger partial charge in [0.15, 0.2) is 5.96 Å². The largest absolute Gasteiger partial charge is 0.386 e. The van der Waals surface area contributed by atoms with Crippen LogP contribution in [-0.4, -0.2) is 42.9 Å². The maximum Gasteiger partial charge on any atom is 0.191 e. The van der Waals surface area contributed by atoms with Crippen LogP contribution in [0.25, 0.3) is 0 Å². The number of thiophene rings is 1. The van der Waals surface area contributed by atoms with Crippen molar-refractivity contribution in [1.29, 1.82) is 0 Å². The fourth-order valence-electron chi connectivity index (χ4n) is 3.86. The highest BCUT2D eigenvalue weighted by atomic mass is 35.5. The molecule has 1 aliphatic heterocycles. The van der Waals surface area contributed by atoms with Gasteiger partial charge in [-0.15, -0.1) is 11.3 Å². The lowest BCUT2D eigenvalue weighted by Crippen LogP contribution is -2.68. The van der Waals surface area contributed by atoms with Gasteiger partial charge in [0.2, 0.25) is 0 Å². The van der Waals surface area contributed by atoms with Crippen molar-refractivity contribution in [3.05, 3.63) is 21.3 Å². The molecule has 0 amide bonds. The molecule has 1 aliphatic carbocycles. The Hall–Kier alpha value is -0.820. The number of nitrogens with one attached hydrogen (secondary N) is 2. The Morgan fingerprint density at radius 1 is 1.54 bits per heavy atom. The highest BCUT2D eigenvalue weighted by Crippen LogP contribution is 2.52. The molecule has 3 N–H and O–H groups in total. The summed E-state index contributed by atoms with van der Waals surface area (Å²) in [7, 11) is 0. The van der Waals surface area contributed by atoms with E-state index in [-0.39, 0.29) is 5.41 Å². The first kappa shape index (κ1) is 18.0. The molecule has 4 atom stereocenters. The van der Waals surface area contributed by atoms with E-state index in [2.05, 4.69) is 29.5 Å². The quantitative estimate of drug-likeness (QED) is 0.550. The number of hydrogen-bond acceptors (Lipinski definition) is 4. The van der Waals surface area contributed by atoms with Crippen molar-refractivity contribution in [2.24, 2.45) is 16.3 Å². The monoisotopic (exact) mass is 371 g/mol. The Morgan fingerprint density at radius 3 is 3.00 bits per heavy atom. The molecule has 3 rings (SSSR count). The minimum atomic E-state index is -0.630. The van der Waals surface area contributed by atoms with Crippen LogP contribution >= 0.6 is 22.9 Å². The number of halogens is 1. The van der Waals surface area contributed by atoms with Crippen LogP contribution in [0.5, 0.6) is 0 Å². The van der Waals surface area contributed by atoms with Gasteiger partial charge in [0.1, 0.15) is 6.10 Å². The summed E-state index contributed by atoms with van der Waals surface area (Å²) in [5.74, 6) is 1.30. The van der Waals surface area contributed by atoms with Crippen LogP contribution in [0.4, 0.5) is 0 Å². The van der Waals surface area contributed by atoms with Gasteiger partial charge < -0.3 is 20.5 Å². The number of rotatable bonds is 5. The molecule has 134 valence electrons. The van der Waals surface area contributed by atoms with Crippen molar-refractivity contribution in [1.82, 2.24) is 10.6 Å². The zero-order valence-electron chi connectivity index (χ0n) is 14.4. The molecule has 5 nitrogen and oxygen atoms in total. The summed E-state index contributed by atoms with van der Waals surface area (Å²) in [6.07, 6.45) is 0.813. The van der Waals surface area contributed by atoms with Crippen molar-refractivity contribution in [2.75, 3.05) is 19.7 Å². The Bertz CT molecular complexity index is 604. The minimum Gasteiger partial charge on any atom is -0.386 e. The highest BCUT2D eigenvalue weighted by molar-refractivity contribution is 7.16. The van der Waals surface area contributed by atoms with Crippen LogP contribution in [0.15, 0.2) is 17.1 Å². The molecule has 7 heteroatoms. The van der Waals surface area contributed by atoms with E-state index >= 15 is 0 Å². The van der Waals surface area contributed by atoms with Gasteiger partial charge in [-0.2, -0.15) is 0 Å². The van der Waals surface area contributed by atoms with Gasteiger partial charge in [-0.3, -0.25) is 4.99 Å². The summed E-state index contributed by atoms with van der Waals surface area (Å²) < 4.78 is 6.53. The first-order valence-corrected chi connectivity index (χ1v) is 9.72. The smallest absolute Gasteiger partial charge is 0.191 e. The van der Waals surface area contributed by atoms with E-state index in [1.54, 1.807) is 6.07 Å². The Kier molecular flexibility index (Phi) is 5.39. The molecule has 0 radical (unpaired) electrons. The van der Waals surface area contributed by atoms with Gasteiger partial charge in [0, 0.05) is 35.4 Å². The second-order valence-electron chi connectivity index (χ2n) is 7.06. The normalized spacial score (nSPS) is 29.7. The van der Waals surface area contributed by atoms with Gasteiger partial charge in [-0.25, -0.2) is 0 Å². The minimum absolute atomic E-state index is 0.0945. The summed E-state index contributed by atoms with van der Waals surface area (Å²) in [6, 6.07) is 3.99. The van der Waals surface area contributed by atoms with Crippen molar-refractivity contribution in [2.45, 2.75) is 45.4 Å². The lowest BCUT2D eigenvalue weighted by atomic mass is 9.57. The van der Waals surface area contributed by atoms with E-state index in [1.807, 2.05) is 13.0 Å². The zero-order chi connectivity index (χ0) is 17.3. The van der Waals surface area contributed by atoms with Crippen LogP contribution in [0.1, 0.15) is 38.2 Å².